The third-order valence-electron chi connectivity index (χ3n) is 5.90. The zero-order chi connectivity index (χ0) is 22.5. The van der Waals surface area contributed by atoms with Crippen LogP contribution in [-0.4, -0.2) is 60.2 Å². The number of halogens is 1. The van der Waals surface area contributed by atoms with Gasteiger partial charge < -0.3 is 20.9 Å². The van der Waals surface area contributed by atoms with Crippen LogP contribution in [0.15, 0.2) is 64.1 Å². The maximum Gasteiger partial charge on any atom is 0.253 e. The lowest BCUT2D eigenvalue weighted by Crippen LogP contribution is -2.51. The van der Waals surface area contributed by atoms with E-state index in [0.717, 1.165) is 43.9 Å². The molecule has 1 unspecified atom stereocenters. The Hall–Kier alpha value is -3.23. The Morgan fingerprint density at radius 3 is 2.56 bits per heavy atom. The molecule has 32 heavy (non-hydrogen) atoms. The molecule has 168 valence electrons. The Bertz CT molecular complexity index is 1060. The van der Waals surface area contributed by atoms with Gasteiger partial charge in [-0.05, 0) is 17.2 Å². The molecular formula is C24H29FN6O. The third-order valence-corrected chi connectivity index (χ3v) is 5.90. The Labute approximate surface area is 187 Å². The second-order valence-corrected chi connectivity index (χ2v) is 8.00. The van der Waals surface area contributed by atoms with Gasteiger partial charge in [-0.3, -0.25) is 4.90 Å². The van der Waals surface area contributed by atoms with Crippen molar-refractivity contribution < 1.29 is 8.91 Å². The van der Waals surface area contributed by atoms with Crippen LogP contribution in [0.5, 0.6) is 0 Å². The van der Waals surface area contributed by atoms with E-state index < -0.39 is 0 Å². The molecule has 0 radical (unpaired) electrons. The van der Waals surface area contributed by atoms with Crippen molar-refractivity contribution in [2.75, 3.05) is 39.3 Å². The third kappa shape index (κ3) is 4.98. The molecule has 1 saturated heterocycles. The summed E-state index contributed by atoms with van der Waals surface area (Å²) in [5, 5.41) is 4.14. The van der Waals surface area contributed by atoms with Crippen molar-refractivity contribution in [2.45, 2.75) is 12.8 Å². The SMILES string of the molecule is CC(c1ccc(-c2ccccc2)c(F)c1)c1cc(N=C(N)N2CCN(CCN)CC2)on1. The molecule has 1 aromatic heterocycles. The molecule has 2 heterocycles. The molecule has 0 spiro atoms. The standard InChI is InChI=1S/C24H29FN6O/c1-17(19-7-8-20(21(25)15-19)18-5-3-2-4-6-18)22-16-23(32-29-22)28-24(27)31-13-11-30(10-9-26)12-14-31/h2-8,15-17H,9-14,26H2,1H3,(H2,27,28). The minimum absolute atomic E-state index is 0.150. The van der Waals surface area contributed by atoms with E-state index in [1.165, 1.54) is 0 Å². The van der Waals surface area contributed by atoms with Crippen molar-refractivity contribution in [3.05, 3.63) is 71.7 Å². The van der Waals surface area contributed by atoms with Crippen molar-refractivity contribution in [3.8, 4) is 11.1 Å². The van der Waals surface area contributed by atoms with Crippen LogP contribution >= 0.6 is 0 Å². The first-order valence-electron chi connectivity index (χ1n) is 10.9. The summed E-state index contributed by atoms with van der Waals surface area (Å²) in [5.74, 6) is 0.337. The molecule has 4 N–H and O–H groups in total. The Kier molecular flexibility index (Phi) is 6.82. The number of aromatic nitrogens is 1. The van der Waals surface area contributed by atoms with E-state index in [2.05, 4.69) is 15.0 Å². The van der Waals surface area contributed by atoms with Gasteiger partial charge in [-0.15, -0.1) is 0 Å². The molecule has 1 fully saturated rings. The number of guanidine groups is 1. The smallest absolute Gasteiger partial charge is 0.253 e. The molecule has 0 saturated carbocycles. The van der Waals surface area contributed by atoms with E-state index in [0.29, 0.717) is 29.6 Å². The lowest BCUT2D eigenvalue weighted by Gasteiger charge is -2.34. The zero-order valence-corrected chi connectivity index (χ0v) is 18.2. The van der Waals surface area contributed by atoms with Crippen LogP contribution in [-0.2, 0) is 0 Å². The van der Waals surface area contributed by atoms with Gasteiger partial charge in [-0.2, -0.15) is 4.99 Å². The molecule has 4 rings (SSSR count). The summed E-state index contributed by atoms with van der Waals surface area (Å²) >= 11 is 0. The van der Waals surface area contributed by atoms with E-state index >= 15 is 0 Å². The maximum atomic E-state index is 14.8. The molecule has 7 nitrogen and oxygen atoms in total. The van der Waals surface area contributed by atoms with E-state index in [1.807, 2.05) is 48.2 Å². The van der Waals surface area contributed by atoms with Crippen molar-refractivity contribution >= 4 is 11.8 Å². The highest BCUT2D eigenvalue weighted by molar-refractivity contribution is 5.80. The number of rotatable bonds is 6. The predicted molar refractivity (Wildman–Crippen MR) is 124 cm³/mol. The first-order chi connectivity index (χ1) is 15.5. The van der Waals surface area contributed by atoms with Crippen LogP contribution in [0, 0.1) is 5.82 Å². The minimum atomic E-state index is -0.264. The summed E-state index contributed by atoms with van der Waals surface area (Å²) in [7, 11) is 0. The minimum Gasteiger partial charge on any atom is -0.369 e. The largest absolute Gasteiger partial charge is 0.369 e. The number of benzene rings is 2. The molecule has 0 amide bonds. The normalized spacial score (nSPS) is 16.3. The zero-order valence-electron chi connectivity index (χ0n) is 18.2. The Morgan fingerprint density at radius 1 is 1.12 bits per heavy atom. The maximum absolute atomic E-state index is 14.8. The van der Waals surface area contributed by atoms with Crippen LogP contribution < -0.4 is 11.5 Å². The topological polar surface area (TPSA) is 96.9 Å². The predicted octanol–water partition coefficient (Wildman–Crippen LogP) is 3.16. The molecule has 0 bridgehead atoms. The molecule has 3 aromatic rings. The van der Waals surface area contributed by atoms with E-state index in [9.17, 15) is 4.39 Å². The highest BCUT2D eigenvalue weighted by Gasteiger charge is 2.19. The average molecular weight is 437 g/mol. The number of hydrogen-bond donors (Lipinski definition) is 2. The van der Waals surface area contributed by atoms with Gasteiger partial charge in [0, 0.05) is 56.8 Å². The Balaban J connectivity index is 1.44. The summed E-state index contributed by atoms with van der Waals surface area (Å²) in [6.45, 7) is 6.89. The summed E-state index contributed by atoms with van der Waals surface area (Å²) in [6, 6.07) is 16.5. The van der Waals surface area contributed by atoms with Crippen molar-refractivity contribution in [2.24, 2.45) is 16.5 Å². The van der Waals surface area contributed by atoms with E-state index in [4.69, 9.17) is 16.0 Å². The first kappa shape index (κ1) is 22.0. The van der Waals surface area contributed by atoms with E-state index in [1.54, 1.807) is 18.2 Å². The van der Waals surface area contributed by atoms with Crippen molar-refractivity contribution in [1.29, 1.82) is 0 Å². The number of piperazine rings is 1. The Morgan fingerprint density at radius 2 is 1.88 bits per heavy atom. The van der Waals surface area contributed by atoms with Crippen LogP contribution in [0.4, 0.5) is 10.3 Å². The van der Waals surface area contributed by atoms with Gasteiger partial charge in [-0.1, -0.05) is 54.5 Å². The fraction of sp³-hybridized carbons (Fsp3) is 0.333. The molecule has 1 atom stereocenters. The number of hydrogen-bond acceptors (Lipinski definition) is 5. The average Bonchev–Trinajstić information content (AvgIpc) is 3.28. The monoisotopic (exact) mass is 436 g/mol. The summed E-state index contributed by atoms with van der Waals surface area (Å²) in [5.41, 5.74) is 14.7. The van der Waals surface area contributed by atoms with Gasteiger partial charge in [0.1, 0.15) is 5.82 Å². The van der Waals surface area contributed by atoms with Crippen LogP contribution in [0.25, 0.3) is 11.1 Å². The van der Waals surface area contributed by atoms with Crippen molar-refractivity contribution in [3.63, 3.8) is 0 Å². The van der Waals surface area contributed by atoms with Gasteiger partial charge >= 0.3 is 0 Å². The molecule has 1 aliphatic rings. The molecular weight excluding hydrogens is 407 g/mol. The molecule has 8 heteroatoms. The second-order valence-electron chi connectivity index (χ2n) is 8.00. The number of aliphatic imine (C=N–C) groups is 1. The van der Waals surface area contributed by atoms with Gasteiger partial charge in [0.2, 0.25) is 0 Å². The van der Waals surface area contributed by atoms with Crippen LogP contribution in [0.3, 0.4) is 0 Å². The van der Waals surface area contributed by atoms with Gasteiger partial charge in [0.15, 0.2) is 5.96 Å². The lowest BCUT2D eigenvalue weighted by molar-refractivity contribution is 0.185. The van der Waals surface area contributed by atoms with Crippen LogP contribution in [0.2, 0.25) is 0 Å². The summed E-state index contributed by atoms with van der Waals surface area (Å²) in [4.78, 5) is 8.73. The van der Waals surface area contributed by atoms with Gasteiger partial charge in [-0.25, -0.2) is 4.39 Å². The molecule has 2 aromatic carbocycles. The first-order valence-corrected chi connectivity index (χ1v) is 10.9. The number of nitrogens with two attached hydrogens (primary N) is 2. The summed E-state index contributed by atoms with van der Waals surface area (Å²) < 4.78 is 20.2. The highest BCUT2D eigenvalue weighted by Crippen LogP contribution is 2.30. The molecule has 1 aliphatic heterocycles. The number of nitrogens with zero attached hydrogens (tertiary/aromatic N) is 4. The fourth-order valence-electron chi connectivity index (χ4n) is 3.93. The highest BCUT2D eigenvalue weighted by atomic mass is 19.1. The lowest BCUT2D eigenvalue weighted by atomic mass is 9.95. The fourth-order valence-corrected chi connectivity index (χ4v) is 3.93. The van der Waals surface area contributed by atoms with Crippen LogP contribution in [0.1, 0.15) is 24.1 Å². The van der Waals surface area contributed by atoms with Crippen molar-refractivity contribution in [1.82, 2.24) is 15.0 Å². The molecule has 0 aliphatic carbocycles. The van der Waals surface area contributed by atoms with Gasteiger partial charge in [0.25, 0.3) is 5.88 Å². The van der Waals surface area contributed by atoms with E-state index in [-0.39, 0.29) is 11.7 Å². The second kappa shape index (κ2) is 9.93. The van der Waals surface area contributed by atoms with Gasteiger partial charge in [0.05, 0.1) is 5.69 Å². The summed E-state index contributed by atoms with van der Waals surface area (Å²) in [6.07, 6.45) is 0. The quantitative estimate of drug-likeness (QED) is 0.455.